The van der Waals surface area contributed by atoms with E-state index in [9.17, 15) is 5.11 Å². The maximum absolute atomic E-state index is 9.61. The van der Waals surface area contributed by atoms with Crippen molar-refractivity contribution in [2.24, 2.45) is 11.1 Å². The molecule has 0 spiro atoms. The predicted molar refractivity (Wildman–Crippen MR) is 65.9 cm³/mol. The number of nitrogens with zero attached hydrogens (tertiary/aromatic N) is 1. The van der Waals surface area contributed by atoms with Gasteiger partial charge in [-0.05, 0) is 52.4 Å². The molecule has 1 aliphatic rings. The standard InChI is InChI=1S/C13H23NO2/c1-13(2,15)8-4-7-11-5-3-6-12(9-11)10-14-16/h5,10,12,15-16H,3-4,6-9H2,1-2H3/b14-10+. The SMILES string of the molecule is CC(C)(O)CCCC1=CCCC(/C=N/O)C1. The Hall–Kier alpha value is -0.830. The summed E-state index contributed by atoms with van der Waals surface area (Å²) in [6.45, 7) is 3.70. The Morgan fingerprint density at radius 2 is 2.31 bits per heavy atom. The Labute approximate surface area is 97.9 Å². The lowest BCUT2D eigenvalue weighted by molar-refractivity contribution is 0.0688. The van der Waals surface area contributed by atoms with Gasteiger partial charge in [-0.2, -0.15) is 0 Å². The summed E-state index contributed by atoms with van der Waals surface area (Å²) < 4.78 is 0. The van der Waals surface area contributed by atoms with Crippen LogP contribution in [-0.4, -0.2) is 22.1 Å². The second-order valence-corrected chi connectivity index (χ2v) is 5.33. The number of oxime groups is 1. The lowest BCUT2D eigenvalue weighted by Gasteiger charge is -2.21. The molecular formula is C13H23NO2. The molecule has 1 aliphatic carbocycles. The van der Waals surface area contributed by atoms with E-state index in [1.54, 1.807) is 6.21 Å². The van der Waals surface area contributed by atoms with Crippen LogP contribution in [0.1, 0.15) is 52.4 Å². The van der Waals surface area contributed by atoms with Gasteiger partial charge < -0.3 is 10.3 Å². The molecule has 3 nitrogen and oxygen atoms in total. The largest absolute Gasteiger partial charge is 0.411 e. The van der Waals surface area contributed by atoms with Crippen LogP contribution in [0, 0.1) is 5.92 Å². The highest BCUT2D eigenvalue weighted by atomic mass is 16.4. The average Bonchev–Trinajstić information content (AvgIpc) is 2.17. The molecule has 0 aromatic rings. The van der Waals surface area contributed by atoms with Crippen LogP contribution in [0.15, 0.2) is 16.8 Å². The summed E-state index contributed by atoms with van der Waals surface area (Å²) in [5.41, 5.74) is 0.890. The van der Waals surface area contributed by atoms with E-state index in [-0.39, 0.29) is 0 Å². The maximum Gasteiger partial charge on any atom is 0.0591 e. The van der Waals surface area contributed by atoms with Gasteiger partial charge in [0.15, 0.2) is 0 Å². The molecule has 92 valence electrons. The van der Waals surface area contributed by atoms with E-state index in [1.807, 2.05) is 13.8 Å². The van der Waals surface area contributed by atoms with Crippen LogP contribution >= 0.6 is 0 Å². The molecule has 0 heterocycles. The highest BCUT2D eigenvalue weighted by Gasteiger charge is 2.16. The maximum atomic E-state index is 9.61. The van der Waals surface area contributed by atoms with Crippen LogP contribution in [0.5, 0.6) is 0 Å². The van der Waals surface area contributed by atoms with Crippen molar-refractivity contribution in [1.29, 1.82) is 0 Å². The molecule has 1 atom stereocenters. The summed E-state index contributed by atoms with van der Waals surface area (Å²) >= 11 is 0. The van der Waals surface area contributed by atoms with Crippen molar-refractivity contribution < 1.29 is 10.3 Å². The number of hydrogen-bond acceptors (Lipinski definition) is 3. The summed E-state index contributed by atoms with van der Waals surface area (Å²) in [5.74, 6) is 0.395. The topological polar surface area (TPSA) is 52.8 Å². The first kappa shape index (κ1) is 13.2. The highest BCUT2D eigenvalue weighted by Crippen LogP contribution is 2.27. The Morgan fingerprint density at radius 3 is 2.94 bits per heavy atom. The van der Waals surface area contributed by atoms with Gasteiger partial charge in [0.2, 0.25) is 0 Å². The lowest BCUT2D eigenvalue weighted by atomic mass is 9.86. The van der Waals surface area contributed by atoms with Crippen molar-refractivity contribution in [2.75, 3.05) is 0 Å². The second kappa shape index (κ2) is 6.04. The molecule has 0 fully saturated rings. The van der Waals surface area contributed by atoms with Gasteiger partial charge in [-0.1, -0.05) is 11.6 Å². The zero-order chi connectivity index (χ0) is 12.0. The summed E-state index contributed by atoms with van der Waals surface area (Å²) in [4.78, 5) is 0. The van der Waals surface area contributed by atoms with Gasteiger partial charge in [-0.3, -0.25) is 0 Å². The van der Waals surface area contributed by atoms with E-state index in [2.05, 4.69) is 11.2 Å². The van der Waals surface area contributed by atoms with E-state index >= 15 is 0 Å². The third kappa shape index (κ3) is 5.31. The van der Waals surface area contributed by atoms with E-state index in [4.69, 9.17) is 5.21 Å². The van der Waals surface area contributed by atoms with Crippen LogP contribution in [-0.2, 0) is 0 Å². The monoisotopic (exact) mass is 225 g/mol. The molecule has 0 saturated heterocycles. The van der Waals surface area contributed by atoms with Crippen LogP contribution in [0.4, 0.5) is 0 Å². The minimum absolute atomic E-state index is 0.395. The van der Waals surface area contributed by atoms with Crippen molar-refractivity contribution >= 4 is 6.21 Å². The van der Waals surface area contributed by atoms with Crippen molar-refractivity contribution in [3.05, 3.63) is 11.6 Å². The summed E-state index contributed by atoms with van der Waals surface area (Å²) in [7, 11) is 0. The molecule has 0 aliphatic heterocycles. The van der Waals surface area contributed by atoms with Crippen molar-refractivity contribution in [2.45, 2.75) is 58.0 Å². The highest BCUT2D eigenvalue weighted by molar-refractivity contribution is 5.60. The molecular weight excluding hydrogens is 202 g/mol. The summed E-state index contributed by atoms with van der Waals surface area (Å²) in [6, 6.07) is 0. The van der Waals surface area contributed by atoms with Gasteiger partial charge in [-0.25, -0.2) is 0 Å². The Morgan fingerprint density at radius 1 is 1.56 bits per heavy atom. The second-order valence-electron chi connectivity index (χ2n) is 5.33. The molecule has 0 saturated carbocycles. The zero-order valence-electron chi connectivity index (χ0n) is 10.3. The number of allylic oxidation sites excluding steroid dienone is 2. The van der Waals surface area contributed by atoms with E-state index in [1.165, 1.54) is 5.57 Å². The molecule has 0 aromatic heterocycles. The van der Waals surface area contributed by atoms with Crippen molar-refractivity contribution in [3.8, 4) is 0 Å². The van der Waals surface area contributed by atoms with Gasteiger partial charge >= 0.3 is 0 Å². The Balaban J connectivity index is 2.30. The van der Waals surface area contributed by atoms with E-state index < -0.39 is 5.60 Å². The molecule has 1 unspecified atom stereocenters. The first-order valence-electron chi connectivity index (χ1n) is 6.09. The smallest absolute Gasteiger partial charge is 0.0591 e. The van der Waals surface area contributed by atoms with Crippen LogP contribution in [0.25, 0.3) is 0 Å². The Kier molecular flexibility index (Phi) is 5.00. The van der Waals surface area contributed by atoms with Gasteiger partial charge in [0.1, 0.15) is 0 Å². The Bertz CT molecular complexity index is 264. The average molecular weight is 225 g/mol. The fourth-order valence-electron chi connectivity index (χ4n) is 2.20. The van der Waals surface area contributed by atoms with Gasteiger partial charge in [0.05, 0.1) is 5.60 Å². The quantitative estimate of drug-likeness (QED) is 0.327. The molecule has 0 amide bonds. The minimum Gasteiger partial charge on any atom is -0.411 e. The van der Waals surface area contributed by atoms with Gasteiger partial charge in [0.25, 0.3) is 0 Å². The number of hydrogen-bond donors (Lipinski definition) is 2. The number of aliphatic hydroxyl groups is 1. The number of rotatable bonds is 5. The minimum atomic E-state index is -0.554. The summed E-state index contributed by atoms with van der Waals surface area (Å²) in [5, 5.41) is 21.2. The first-order valence-corrected chi connectivity index (χ1v) is 6.09. The fourth-order valence-corrected chi connectivity index (χ4v) is 2.20. The molecule has 0 radical (unpaired) electrons. The van der Waals surface area contributed by atoms with Crippen LogP contribution in [0.3, 0.4) is 0 Å². The molecule has 16 heavy (non-hydrogen) atoms. The third-order valence-electron chi connectivity index (χ3n) is 3.06. The van der Waals surface area contributed by atoms with Gasteiger partial charge in [0, 0.05) is 12.1 Å². The lowest BCUT2D eigenvalue weighted by Crippen LogP contribution is -2.18. The predicted octanol–water partition coefficient (Wildman–Crippen LogP) is 3.11. The molecule has 3 heteroatoms. The first-order chi connectivity index (χ1) is 7.51. The normalized spacial score (nSPS) is 22.4. The van der Waals surface area contributed by atoms with Gasteiger partial charge in [-0.15, -0.1) is 5.16 Å². The van der Waals surface area contributed by atoms with E-state index in [0.29, 0.717) is 5.92 Å². The third-order valence-corrected chi connectivity index (χ3v) is 3.06. The summed E-state index contributed by atoms with van der Waals surface area (Å²) in [6.07, 6.45) is 10.0. The van der Waals surface area contributed by atoms with Crippen molar-refractivity contribution in [1.82, 2.24) is 0 Å². The molecule has 0 aromatic carbocycles. The molecule has 0 bridgehead atoms. The van der Waals surface area contributed by atoms with Crippen LogP contribution in [0.2, 0.25) is 0 Å². The zero-order valence-corrected chi connectivity index (χ0v) is 10.3. The molecule has 2 N–H and O–H groups in total. The van der Waals surface area contributed by atoms with Crippen molar-refractivity contribution in [3.63, 3.8) is 0 Å². The fraction of sp³-hybridized carbons (Fsp3) is 0.769. The molecule has 1 rings (SSSR count). The van der Waals surface area contributed by atoms with Crippen LogP contribution < -0.4 is 0 Å². The van der Waals surface area contributed by atoms with E-state index in [0.717, 1.165) is 38.5 Å².